The Balaban J connectivity index is 2.00. The number of carbonyl (C=O) groups excluding carboxylic acids is 1. The zero-order valence-electron chi connectivity index (χ0n) is 14.6. The lowest BCUT2D eigenvalue weighted by Crippen LogP contribution is -2.28. The molecule has 0 saturated heterocycles. The van der Waals surface area contributed by atoms with Crippen molar-refractivity contribution in [3.63, 3.8) is 0 Å². The van der Waals surface area contributed by atoms with Crippen molar-refractivity contribution in [2.45, 2.75) is 18.1 Å². The van der Waals surface area contributed by atoms with Crippen molar-refractivity contribution in [1.82, 2.24) is 20.1 Å². The summed E-state index contributed by atoms with van der Waals surface area (Å²) in [5, 5.41) is 12.1. The number of ether oxygens (including phenoxy) is 2. The number of thioether (sulfide) groups is 1. The van der Waals surface area contributed by atoms with Crippen molar-refractivity contribution in [2.75, 3.05) is 39.7 Å². The van der Waals surface area contributed by atoms with E-state index in [1.165, 1.54) is 17.3 Å². The van der Waals surface area contributed by atoms with Crippen molar-refractivity contribution >= 4 is 17.7 Å². The van der Waals surface area contributed by atoms with Crippen LogP contribution in [0.2, 0.25) is 0 Å². The first-order valence-electron chi connectivity index (χ1n) is 8.08. The van der Waals surface area contributed by atoms with Gasteiger partial charge in [-0.05, 0) is 5.56 Å². The lowest BCUT2D eigenvalue weighted by Gasteiger charge is -2.10. The first-order valence-corrected chi connectivity index (χ1v) is 9.06. The van der Waals surface area contributed by atoms with Crippen molar-refractivity contribution in [3.05, 3.63) is 41.7 Å². The van der Waals surface area contributed by atoms with Crippen molar-refractivity contribution in [2.24, 2.45) is 0 Å². The van der Waals surface area contributed by atoms with Gasteiger partial charge in [0.2, 0.25) is 5.91 Å². The second-order valence-electron chi connectivity index (χ2n) is 5.34. The Morgan fingerprint density at radius 3 is 2.64 bits per heavy atom. The van der Waals surface area contributed by atoms with Crippen molar-refractivity contribution in [1.29, 1.82) is 0 Å². The Hall–Kier alpha value is -1.90. The van der Waals surface area contributed by atoms with E-state index in [1.54, 1.807) is 14.2 Å². The monoisotopic (exact) mass is 364 g/mol. The summed E-state index contributed by atoms with van der Waals surface area (Å²) in [6, 6.07) is 10.1. The van der Waals surface area contributed by atoms with Gasteiger partial charge in [-0.15, -0.1) is 10.2 Å². The van der Waals surface area contributed by atoms with E-state index in [1.807, 2.05) is 22.8 Å². The van der Waals surface area contributed by atoms with Gasteiger partial charge in [0.15, 0.2) is 5.16 Å². The Bertz CT molecular complexity index is 649. The number of hydrogen-bond donors (Lipinski definition) is 1. The van der Waals surface area contributed by atoms with E-state index in [4.69, 9.17) is 9.47 Å². The highest BCUT2D eigenvalue weighted by atomic mass is 32.2. The molecule has 0 saturated carbocycles. The molecule has 0 radical (unpaired) electrons. The molecule has 2 rings (SSSR count). The summed E-state index contributed by atoms with van der Waals surface area (Å²) >= 11 is 1.38. The van der Waals surface area contributed by atoms with Gasteiger partial charge >= 0.3 is 0 Å². The predicted octanol–water partition coefficient (Wildman–Crippen LogP) is 1.37. The van der Waals surface area contributed by atoms with E-state index < -0.39 is 0 Å². The number of nitrogens with zero attached hydrogens (tertiary/aromatic N) is 3. The Labute approximate surface area is 152 Å². The molecule has 25 heavy (non-hydrogen) atoms. The number of carbonyl (C=O) groups is 1. The van der Waals surface area contributed by atoms with E-state index in [0.717, 1.165) is 11.0 Å². The van der Waals surface area contributed by atoms with Crippen molar-refractivity contribution in [3.8, 4) is 0 Å². The SMILES string of the molecule is COCCNC(=O)CSc1nnc(Cc2ccccc2)n1CCOC. The van der Waals surface area contributed by atoms with Gasteiger partial charge in [-0.25, -0.2) is 0 Å². The molecule has 0 bridgehead atoms. The minimum absolute atomic E-state index is 0.0482. The van der Waals surface area contributed by atoms with Gasteiger partial charge in [0.05, 0.1) is 19.0 Å². The third kappa shape index (κ3) is 6.49. The molecule has 1 aromatic heterocycles. The molecule has 1 N–H and O–H groups in total. The Morgan fingerprint density at radius 2 is 1.92 bits per heavy atom. The fourth-order valence-electron chi connectivity index (χ4n) is 2.22. The number of nitrogens with one attached hydrogen (secondary N) is 1. The van der Waals surface area contributed by atoms with Crippen LogP contribution in [-0.2, 0) is 27.2 Å². The molecule has 2 aromatic rings. The summed E-state index contributed by atoms with van der Waals surface area (Å²) in [5.74, 6) is 1.11. The minimum Gasteiger partial charge on any atom is -0.383 e. The first-order chi connectivity index (χ1) is 12.2. The van der Waals surface area contributed by atoms with Gasteiger partial charge in [0.25, 0.3) is 0 Å². The smallest absolute Gasteiger partial charge is 0.230 e. The first kappa shape index (κ1) is 19.4. The molecule has 1 amide bonds. The van der Waals surface area contributed by atoms with Crippen LogP contribution < -0.4 is 5.32 Å². The number of hydrogen-bond acceptors (Lipinski definition) is 6. The summed E-state index contributed by atoms with van der Waals surface area (Å²) in [6.45, 7) is 2.22. The second kappa shape index (κ2) is 10.9. The number of aromatic nitrogens is 3. The summed E-state index contributed by atoms with van der Waals surface area (Å²) in [6.07, 6.45) is 0.693. The molecular weight excluding hydrogens is 340 g/mol. The van der Waals surface area contributed by atoms with Crippen LogP contribution in [-0.4, -0.2) is 60.4 Å². The molecule has 136 valence electrons. The quantitative estimate of drug-likeness (QED) is 0.479. The largest absolute Gasteiger partial charge is 0.383 e. The van der Waals surface area contributed by atoms with Gasteiger partial charge in [0, 0.05) is 33.7 Å². The van der Waals surface area contributed by atoms with E-state index in [2.05, 4.69) is 27.6 Å². The fraction of sp³-hybridized carbons (Fsp3) is 0.471. The minimum atomic E-state index is -0.0482. The molecule has 0 atom stereocenters. The highest BCUT2D eigenvalue weighted by Gasteiger charge is 2.14. The van der Waals surface area contributed by atoms with Crippen LogP contribution in [0, 0.1) is 0 Å². The lowest BCUT2D eigenvalue weighted by molar-refractivity contribution is -0.118. The summed E-state index contributed by atoms with van der Waals surface area (Å²) in [4.78, 5) is 11.8. The van der Waals surface area contributed by atoms with Gasteiger partial charge in [-0.2, -0.15) is 0 Å². The summed E-state index contributed by atoms with van der Waals surface area (Å²) in [7, 11) is 3.27. The average molecular weight is 364 g/mol. The van der Waals surface area contributed by atoms with Gasteiger partial charge in [0.1, 0.15) is 5.82 Å². The van der Waals surface area contributed by atoms with Crippen LogP contribution >= 0.6 is 11.8 Å². The van der Waals surface area contributed by atoms with Crippen LogP contribution in [0.15, 0.2) is 35.5 Å². The van der Waals surface area contributed by atoms with Crippen LogP contribution in [0.1, 0.15) is 11.4 Å². The molecule has 7 nitrogen and oxygen atoms in total. The molecule has 0 fully saturated rings. The topological polar surface area (TPSA) is 78.3 Å². The van der Waals surface area contributed by atoms with E-state index >= 15 is 0 Å². The number of benzene rings is 1. The molecule has 8 heteroatoms. The standard InChI is InChI=1S/C17H24N4O3S/c1-23-10-8-18-16(22)13-25-17-20-19-15(21(17)9-11-24-2)12-14-6-4-3-5-7-14/h3-7H,8-13H2,1-2H3,(H,18,22). The maximum Gasteiger partial charge on any atom is 0.230 e. The molecular formula is C17H24N4O3S. The van der Waals surface area contributed by atoms with E-state index in [9.17, 15) is 4.79 Å². The lowest BCUT2D eigenvalue weighted by atomic mass is 10.1. The number of amides is 1. The maximum atomic E-state index is 11.8. The Kier molecular flexibility index (Phi) is 8.44. The number of rotatable bonds is 11. The molecule has 0 unspecified atom stereocenters. The molecule has 0 spiro atoms. The van der Waals surface area contributed by atoms with Gasteiger partial charge in [-0.3, -0.25) is 4.79 Å². The number of methoxy groups -OCH3 is 2. The predicted molar refractivity (Wildman–Crippen MR) is 96.8 cm³/mol. The summed E-state index contributed by atoms with van der Waals surface area (Å²) in [5.41, 5.74) is 1.17. The third-order valence-corrected chi connectivity index (χ3v) is 4.45. The fourth-order valence-corrected chi connectivity index (χ4v) is 3.03. The molecule has 0 aliphatic carbocycles. The maximum absolute atomic E-state index is 11.8. The highest BCUT2D eigenvalue weighted by Crippen LogP contribution is 2.18. The second-order valence-corrected chi connectivity index (χ2v) is 6.28. The van der Waals surface area contributed by atoms with Crippen LogP contribution in [0.25, 0.3) is 0 Å². The van der Waals surface area contributed by atoms with E-state index in [-0.39, 0.29) is 5.91 Å². The normalized spacial score (nSPS) is 10.8. The van der Waals surface area contributed by atoms with Gasteiger partial charge < -0.3 is 19.4 Å². The molecule has 0 aliphatic rings. The molecule has 0 aliphatic heterocycles. The highest BCUT2D eigenvalue weighted by molar-refractivity contribution is 7.99. The third-order valence-electron chi connectivity index (χ3n) is 3.48. The van der Waals surface area contributed by atoms with Crippen LogP contribution in [0.5, 0.6) is 0 Å². The summed E-state index contributed by atoms with van der Waals surface area (Å²) < 4.78 is 12.1. The molecule has 1 heterocycles. The zero-order chi connectivity index (χ0) is 17.9. The van der Waals surface area contributed by atoms with E-state index in [0.29, 0.717) is 38.5 Å². The van der Waals surface area contributed by atoms with Crippen LogP contribution in [0.4, 0.5) is 0 Å². The molecule has 1 aromatic carbocycles. The Morgan fingerprint density at radius 1 is 1.16 bits per heavy atom. The van der Waals surface area contributed by atoms with Crippen LogP contribution in [0.3, 0.4) is 0 Å². The van der Waals surface area contributed by atoms with Crippen molar-refractivity contribution < 1.29 is 14.3 Å². The van der Waals surface area contributed by atoms with Gasteiger partial charge in [-0.1, -0.05) is 42.1 Å². The zero-order valence-corrected chi connectivity index (χ0v) is 15.4. The average Bonchev–Trinajstić information content (AvgIpc) is 3.01.